The Bertz CT molecular complexity index is 742. The molecule has 0 bridgehead atoms. The van der Waals surface area contributed by atoms with Crippen molar-refractivity contribution in [2.24, 2.45) is 5.41 Å². The first-order chi connectivity index (χ1) is 12.2. The van der Waals surface area contributed by atoms with Crippen LogP contribution >= 0.6 is 0 Å². The molecule has 0 radical (unpaired) electrons. The number of aromatic nitrogens is 1. The monoisotopic (exact) mass is 339 g/mol. The summed E-state index contributed by atoms with van der Waals surface area (Å²) < 4.78 is 5.30. The Labute approximate surface area is 148 Å². The van der Waals surface area contributed by atoms with Crippen LogP contribution in [0.4, 0.5) is 0 Å². The number of nitrogens with zero attached hydrogens (tertiary/aromatic N) is 3. The molecule has 0 aliphatic carbocycles. The predicted molar refractivity (Wildman–Crippen MR) is 95.1 cm³/mol. The molecular weight excluding hydrogens is 314 g/mol. The summed E-state index contributed by atoms with van der Waals surface area (Å²) in [6, 6.07) is 7.88. The molecule has 5 heteroatoms. The van der Waals surface area contributed by atoms with E-state index in [2.05, 4.69) is 16.0 Å². The van der Waals surface area contributed by atoms with Crippen LogP contribution in [0.2, 0.25) is 0 Å². The molecule has 2 aromatic heterocycles. The number of piperidine rings is 1. The van der Waals surface area contributed by atoms with Crippen molar-refractivity contribution in [2.75, 3.05) is 26.2 Å². The van der Waals surface area contributed by atoms with Crippen molar-refractivity contribution in [3.05, 3.63) is 53.7 Å². The van der Waals surface area contributed by atoms with E-state index in [1.54, 1.807) is 12.3 Å². The SMILES string of the molecule is Cc1occc1C(=O)N1CCC2(CCCN(Cc3ccccn3)C2)C1. The van der Waals surface area contributed by atoms with Gasteiger partial charge >= 0.3 is 0 Å². The Morgan fingerprint density at radius 3 is 2.92 bits per heavy atom. The standard InChI is InChI=1S/C20H25N3O2/c1-16-18(6-12-25-16)19(24)23-11-8-20(15-23)7-4-10-22(14-20)13-17-5-2-3-9-21-17/h2-3,5-6,9,12H,4,7-8,10-11,13-15H2,1H3. The summed E-state index contributed by atoms with van der Waals surface area (Å²) in [5.41, 5.74) is 2.07. The van der Waals surface area contributed by atoms with E-state index in [1.165, 1.54) is 12.8 Å². The van der Waals surface area contributed by atoms with Gasteiger partial charge in [-0.2, -0.15) is 0 Å². The van der Waals surface area contributed by atoms with Gasteiger partial charge < -0.3 is 9.32 Å². The van der Waals surface area contributed by atoms with E-state index in [-0.39, 0.29) is 11.3 Å². The molecule has 2 saturated heterocycles. The van der Waals surface area contributed by atoms with Gasteiger partial charge in [-0.25, -0.2) is 0 Å². The molecule has 0 saturated carbocycles. The fraction of sp³-hybridized carbons (Fsp3) is 0.500. The second-order valence-corrected chi connectivity index (χ2v) is 7.50. The fourth-order valence-corrected chi connectivity index (χ4v) is 4.38. The topological polar surface area (TPSA) is 49.6 Å². The molecule has 4 heterocycles. The lowest BCUT2D eigenvalue weighted by Crippen LogP contribution is -2.45. The number of likely N-dealkylation sites (tertiary alicyclic amines) is 2. The van der Waals surface area contributed by atoms with E-state index in [4.69, 9.17) is 4.42 Å². The minimum absolute atomic E-state index is 0.116. The van der Waals surface area contributed by atoms with E-state index in [1.807, 2.05) is 30.2 Å². The molecule has 132 valence electrons. The van der Waals surface area contributed by atoms with Gasteiger partial charge in [0.2, 0.25) is 0 Å². The van der Waals surface area contributed by atoms with Crippen LogP contribution in [0, 0.1) is 12.3 Å². The molecule has 2 aliphatic rings. The fourth-order valence-electron chi connectivity index (χ4n) is 4.38. The summed E-state index contributed by atoms with van der Waals surface area (Å²) >= 11 is 0. The van der Waals surface area contributed by atoms with Gasteiger partial charge in [0.15, 0.2) is 0 Å². The van der Waals surface area contributed by atoms with Crippen LogP contribution in [0.3, 0.4) is 0 Å². The van der Waals surface area contributed by atoms with Crippen molar-refractivity contribution in [3.63, 3.8) is 0 Å². The zero-order valence-electron chi connectivity index (χ0n) is 14.8. The third-order valence-electron chi connectivity index (χ3n) is 5.67. The highest BCUT2D eigenvalue weighted by atomic mass is 16.3. The van der Waals surface area contributed by atoms with Crippen LogP contribution in [-0.4, -0.2) is 46.9 Å². The molecule has 4 rings (SSSR count). The van der Waals surface area contributed by atoms with Gasteiger partial charge in [-0.1, -0.05) is 6.07 Å². The van der Waals surface area contributed by atoms with Crippen molar-refractivity contribution in [2.45, 2.75) is 32.7 Å². The second-order valence-electron chi connectivity index (χ2n) is 7.50. The molecule has 25 heavy (non-hydrogen) atoms. The van der Waals surface area contributed by atoms with Crippen LogP contribution in [0.15, 0.2) is 41.1 Å². The molecule has 1 atom stereocenters. The van der Waals surface area contributed by atoms with E-state index >= 15 is 0 Å². The number of aryl methyl sites for hydroxylation is 1. The summed E-state index contributed by atoms with van der Waals surface area (Å²) in [5, 5.41) is 0. The third kappa shape index (κ3) is 3.33. The van der Waals surface area contributed by atoms with Crippen LogP contribution in [-0.2, 0) is 6.54 Å². The highest BCUT2D eigenvalue weighted by Crippen LogP contribution is 2.39. The van der Waals surface area contributed by atoms with E-state index in [9.17, 15) is 4.79 Å². The van der Waals surface area contributed by atoms with Gasteiger partial charge in [0.1, 0.15) is 5.76 Å². The lowest BCUT2D eigenvalue weighted by molar-refractivity contribution is 0.0671. The predicted octanol–water partition coefficient (Wildman–Crippen LogP) is 3.11. The Hall–Kier alpha value is -2.14. The number of amides is 1. The Kier molecular flexibility index (Phi) is 4.34. The molecule has 5 nitrogen and oxygen atoms in total. The Morgan fingerprint density at radius 1 is 1.24 bits per heavy atom. The molecule has 0 aromatic carbocycles. The summed E-state index contributed by atoms with van der Waals surface area (Å²) in [7, 11) is 0. The molecular formula is C20H25N3O2. The molecule has 2 aromatic rings. The van der Waals surface area contributed by atoms with Crippen molar-refractivity contribution >= 4 is 5.91 Å². The maximum atomic E-state index is 12.8. The van der Waals surface area contributed by atoms with Crippen LogP contribution < -0.4 is 0 Å². The average Bonchev–Trinajstić information content (AvgIpc) is 3.22. The third-order valence-corrected chi connectivity index (χ3v) is 5.67. The number of carbonyl (C=O) groups is 1. The largest absolute Gasteiger partial charge is 0.469 e. The molecule has 1 spiro atoms. The molecule has 1 unspecified atom stereocenters. The van der Waals surface area contributed by atoms with E-state index in [0.717, 1.165) is 44.8 Å². The van der Waals surface area contributed by atoms with Gasteiger partial charge in [0, 0.05) is 37.8 Å². The first-order valence-electron chi connectivity index (χ1n) is 9.11. The molecule has 1 amide bonds. The summed E-state index contributed by atoms with van der Waals surface area (Å²) in [4.78, 5) is 21.7. The number of carbonyl (C=O) groups excluding carboxylic acids is 1. The first kappa shape index (κ1) is 16.3. The van der Waals surface area contributed by atoms with Crippen molar-refractivity contribution in [1.29, 1.82) is 0 Å². The smallest absolute Gasteiger partial charge is 0.257 e. The Balaban J connectivity index is 1.42. The molecule has 2 aliphatic heterocycles. The molecule has 2 fully saturated rings. The number of hydrogen-bond acceptors (Lipinski definition) is 4. The van der Waals surface area contributed by atoms with E-state index in [0.29, 0.717) is 11.3 Å². The zero-order chi connectivity index (χ0) is 17.3. The van der Waals surface area contributed by atoms with Gasteiger partial charge in [-0.15, -0.1) is 0 Å². The lowest BCUT2D eigenvalue weighted by Gasteiger charge is -2.40. The second kappa shape index (κ2) is 6.64. The van der Waals surface area contributed by atoms with Gasteiger partial charge in [-0.3, -0.25) is 14.7 Å². The minimum Gasteiger partial charge on any atom is -0.469 e. The highest BCUT2D eigenvalue weighted by molar-refractivity contribution is 5.95. The lowest BCUT2D eigenvalue weighted by atomic mass is 9.79. The number of rotatable bonds is 3. The van der Waals surface area contributed by atoms with Crippen LogP contribution in [0.1, 0.15) is 41.1 Å². The zero-order valence-corrected chi connectivity index (χ0v) is 14.8. The summed E-state index contributed by atoms with van der Waals surface area (Å²) in [5.74, 6) is 0.830. The van der Waals surface area contributed by atoms with Crippen LogP contribution in [0.25, 0.3) is 0 Å². The van der Waals surface area contributed by atoms with Crippen molar-refractivity contribution in [3.8, 4) is 0 Å². The van der Waals surface area contributed by atoms with Gasteiger partial charge in [-0.05, 0) is 50.9 Å². The first-order valence-corrected chi connectivity index (χ1v) is 9.11. The van der Waals surface area contributed by atoms with Crippen molar-refractivity contribution < 1.29 is 9.21 Å². The maximum absolute atomic E-state index is 12.8. The quantitative estimate of drug-likeness (QED) is 0.862. The number of pyridine rings is 1. The van der Waals surface area contributed by atoms with Crippen LogP contribution in [0.5, 0.6) is 0 Å². The maximum Gasteiger partial charge on any atom is 0.257 e. The number of furan rings is 1. The average molecular weight is 339 g/mol. The normalized spacial score (nSPS) is 24.1. The van der Waals surface area contributed by atoms with Gasteiger partial charge in [0.05, 0.1) is 17.5 Å². The summed E-state index contributed by atoms with van der Waals surface area (Å²) in [6.07, 6.45) is 6.95. The van der Waals surface area contributed by atoms with Gasteiger partial charge in [0.25, 0.3) is 5.91 Å². The Morgan fingerprint density at radius 2 is 2.16 bits per heavy atom. The minimum atomic E-state index is 0.116. The van der Waals surface area contributed by atoms with E-state index < -0.39 is 0 Å². The molecule has 0 N–H and O–H groups in total. The van der Waals surface area contributed by atoms with Crippen molar-refractivity contribution in [1.82, 2.24) is 14.8 Å². The number of hydrogen-bond donors (Lipinski definition) is 0. The highest BCUT2D eigenvalue weighted by Gasteiger charge is 2.43. The summed E-state index contributed by atoms with van der Waals surface area (Å²) in [6.45, 7) is 6.63.